The Morgan fingerprint density at radius 3 is 0.955 bits per heavy atom. The molecule has 0 spiro atoms. The van der Waals surface area contributed by atoms with Crippen LogP contribution in [0.15, 0.2) is 97.1 Å². The van der Waals surface area contributed by atoms with Gasteiger partial charge in [-0.05, 0) is 131 Å². The Bertz CT molecular complexity index is 3390. The third-order valence-electron chi connectivity index (χ3n) is 14.5. The van der Waals surface area contributed by atoms with Crippen LogP contribution in [0.4, 0.5) is 22.7 Å². The second-order valence-corrected chi connectivity index (χ2v) is 26.5. The summed E-state index contributed by atoms with van der Waals surface area (Å²) in [5.41, 5.74) is 4.07. The molecule has 0 unspecified atom stereocenters. The van der Waals surface area contributed by atoms with Gasteiger partial charge in [0.05, 0.1) is 85.7 Å². The summed E-state index contributed by atoms with van der Waals surface area (Å²) in [5.74, 6) is -1.12. The molecule has 0 fully saturated rings. The first-order valence-corrected chi connectivity index (χ1v) is 29.8. The summed E-state index contributed by atoms with van der Waals surface area (Å²) in [6.07, 6.45) is 0. The molecule has 4 amide bonds. The van der Waals surface area contributed by atoms with Crippen LogP contribution in [0.3, 0.4) is 0 Å². The van der Waals surface area contributed by atoms with Gasteiger partial charge in [0, 0.05) is 27.7 Å². The lowest BCUT2D eigenvalue weighted by Gasteiger charge is -2.38. The van der Waals surface area contributed by atoms with Crippen molar-refractivity contribution in [3.8, 4) is 34.5 Å². The molecule has 1 aliphatic heterocycles. The zero-order valence-corrected chi connectivity index (χ0v) is 54.2. The number of amides is 4. The largest absolute Gasteiger partial charge is 0.491 e. The van der Waals surface area contributed by atoms with Crippen molar-refractivity contribution in [3.05, 3.63) is 153 Å². The van der Waals surface area contributed by atoms with Gasteiger partial charge >= 0.3 is 11.9 Å². The molecule has 0 aliphatic carbocycles. The van der Waals surface area contributed by atoms with E-state index in [4.69, 9.17) is 33.2 Å². The van der Waals surface area contributed by atoms with Gasteiger partial charge in [0.15, 0.2) is 0 Å². The third-order valence-corrected chi connectivity index (χ3v) is 14.5. The van der Waals surface area contributed by atoms with Crippen LogP contribution in [0.25, 0.3) is 0 Å². The van der Waals surface area contributed by atoms with Crippen molar-refractivity contribution >= 4 is 58.3 Å². The fourth-order valence-electron chi connectivity index (χ4n) is 9.40. The van der Waals surface area contributed by atoms with E-state index in [2.05, 4.69) is 88.8 Å². The number of hydrogen-bond donors (Lipinski definition) is 4. The molecule has 6 aromatic carbocycles. The molecule has 7 rings (SSSR count). The highest BCUT2D eigenvalue weighted by atomic mass is 16.5. The highest BCUT2D eigenvalue weighted by Crippen LogP contribution is 2.53. The molecule has 1 aliphatic rings. The highest BCUT2D eigenvalue weighted by molar-refractivity contribution is 6.11. The molecule has 0 saturated carbocycles. The van der Waals surface area contributed by atoms with E-state index < -0.39 is 51.8 Å². The van der Waals surface area contributed by atoms with Gasteiger partial charge in [-0.2, -0.15) is 0 Å². The minimum absolute atomic E-state index is 0.0757. The third kappa shape index (κ3) is 16.0. The van der Waals surface area contributed by atoms with Crippen LogP contribution in [-0.4, -0.2) is 76.2 Å². The minimum atomic E-state index is -0.852. The zero-order valence-electron chi connectivity index (χ0n) is 54.2. The molecule has 1 heterocycles. The van der Waals surface area contributed by atoms with E-state index in [1.165, 1.54) is 26.4 Å². The van der Waals surface area contributed by atoms with Crippen molar-refractivity contribution in [2.45, 2.75) is 127 Å². The van der Waals surface area contributed by atoms with Crippen molar-refractivity contribution in [2.24, 2.45) is 23.7 Å². The van der Waals surface area contributed by atoms with E-state index in [9.17, 15) is 19.2 Å². The van der Waals surface area contributed by atoms with Gasteiger partial charge in [-0.15, -0.1) is 0 Å². The second-order valence-electron chi connectivity index (χ2n) is 26.5. The first-order valence-electron chi connectivity index (χ1n) is 29.8. The number of benzene rings is 6. The van der Waals surface area contributed by atoms with Gasteiger partial charge < -0.3 is 54.4 Å². The smallest absolute Gasteiger partial charge is 0.337 e. The van der Waals surface area contributed by atoms with Crippen LogP contribution in [0.2, 0.25) is 0 Å². The monoisotopic (exact) mass is 1200 g/mol. The Balaban J connectivity index is 1.26. The van der Waals surface area contributed by atoms with Crippen molar-refractivity contribution in [1.82, 2.24) is 0 Å². The van der Waals surface area contributed by atoms with Crippen molar-refractivity contribution in [2.75, 3.05) is 61.9 Å². The van der Waals surface area contributed by atoms with Gasteiger partial charge in [-0.1, -0.05) is 123 Å². The fourth-order valence-corrected chi connectivity index (χ4v) is 9.40. The average molecular weight is 1200 g/mol. The van der Waals surface area contributed by atoms with E-state index in [-0.39, 0.29) is 93.3 Å². The van der Waals surface area contributed by atoms with Gasteiger partial charge in [0.1, 0.15) is 34.5 Å². The maximum Gasteiger partial charge on any atom is 0.337 e. The number of fused-ring (bicyclic) bond motifs is 2. The topological polar surface area (TPSA) is 215 Å². The molecular formula is C71H86N4O13. The molecule has 4 N–H and O–H groups in total. The van der Waals surface area contributed by atoms with Crippen LogP contribution < -0.4 is 45.0 Å². The predicted octanol–water partition coefficient (Wildman–Crippen LogP) is 15.4. The van der Waals surface area contributed by atoms with Crippen molar-refractivity contribution in [3.63, 3.8) is 0 Å². The van der Waals surface area contributed by atoms with Crippen LogP contribution in [0.1, 0.15) is 195 Å². The van der Waals surface area contributed by atoms with Gasteiger partial charge in [-0.3, -0.25) is 19.2 Å². The summed E-state index contributed by atoms with van der Waals surface area (Å²) in [4.78, 5) is 83.6. The number of carbonyl (C=O) groups is 6. The summed E-state index contributed by atoms with van der Waals surface area (Å²) in [5, 5.41) is 12.0. The maximum absolute atomic E-state index is 15.3. The van der Waals surface area contributed by atoms with E-state index in [1.54, 1.807) is 60.7 Å². The molecule has 17 heteroatoms. The standard InChI is InChI=1S/C71H86N4O13/c1-39(2)35-84-57-27-43(63(76)72-53-25-21-45(67(80)82-17)29-59(53)86-37-41(5)6)19-23-55(57)74-65(78)49-31-47(69(9,10)11)33-51-61(49)88-62-50(32-48(70(12,13)14)34-52(62)71(51,15)16)66(79)75-56-24-20-44(28-58(56)85-36-40(3)4)64(77)73-54-26-22-46(68(81)83-18)30-60(54)87-38-42(7)8/h19-34,39-42H,35-38H2,1-18H3,(H,72,76)(H,73,77)(H,74,78)(H,75,79). The Labute approximate surface area is 517 Å². The van der Waals surface area contributed by atoms with Gasteiger partial charge in [-0.25, -0.2) is 9.59 Å². The number of esters is 2. The lowest BCUT2D eigenvalue weighted by Crippen LogP contribution is -2.30. The number of carbonyl (C=O) groups excluding carboxylic acids is 6. The normalized spacial score (nSPS) is 12.6. The number of ether oxygens (including phenoxy) is 7. The number of anilines is 4. The van der Waals surface area contributed by atoms with Crippen LogP contribution in [0.5, 0.6) is 34.5 Å². The first kappa shape index (κ1) is 66.7. The molecule has 0 radical (unpaired) electrons. The summed E-state index contributed by atoms with van der Waals surface area (Å²) >= 11 is 0. The predicted molar refractivity (Wildman–Crippen MR) is 344 cm³/mol. The SMILES string of the molecule is COC(=O)c1ccc(NC(=O)c2ccc(NC(=O)c3cc(C(C)(C)C)cc4c3Oc3c(C(=O)Nc5ccc(C(=O)Nc6ccc(C(=O)OC)cc6OCC(C)C)cc5OCC(C)C)cc(C(C)(C)C)cc3C4(C)C)c(OCC(C)C)c2)c(OCC(C)C)c1. The lowest BCUT2D eigenvalue weighted by molar-refractivity contribution is 0.0591. The fraction of sp³-hybridized carbons (Fsp3) is 0.408. The average Bonchev–Trinajstić information content (AvgIpc) is 0.738. The molecule has 88 heavy (non-hydrogen) atoms. The summed E-state index contributed by atoms with van der Waals surface area (Å²) in [6, 6.07) is 26.6. The number of nitrogens with one attached hydrogen (secondary N) is 4. The maximum atomic E-state index is 15.3. The molecule has 0 bridgehead atoms. The summed E-state index contributed by atoms with van der Waals surface area (Å²) < 4.78 is 41.6. The van der Waals surface area contributed by atoms with E-state index in [1.807, 2.05) is 67.5 Å². The number of hydrogen-bond acceptors (Lipinski definition) is 13. The molecule has 468 valence electrons. The van der Waals surface area contributed by atoms with E-state index in [0.717, 1.165) is 22.3 Å². The molecule has 0 aromatic heterocycles. The van der Waals surface area contributed by atoms with Gasteiger partial charge in [0.2, 0.25) is 0 Å². The number of methoxy groups -OCH3 is 2. The van der Waals surface area contributed by atoms with Crippen molar-refractivity contribution in [1.29, 1.82) is 0 Å². The van der Waals surface area contributed by atoms with E-state index in [0.29, 0.717) is 47.5 Å². The lowest BCUT2D eigenvalue weighted by atomic mass is 9.70. The van der Waals surface area contributed by atoms with Crippen LogP contribution >= 0.6 is 0 Å². The highest BCUT2D eigenvalue weighted by Gasteiger charge is 2.41. The minimum Gasteiger partial charge on any atom is -0.491 e. The van der Waals surface area contributed by atoms with E-state index >= 15 is 9.59 Å². The second kappa shape index (κ2) is 27.5. The Morgan fingerprint density at radius 1 is 0.409 bits per heavy atom. The quantitative estimate of drug-likeness (QED) is 0.0466. The zero-order chi connectivity index (χ0) is 64.7. The molecule has 0 saturated heterocycles. The van der Waals surface area contributed by atoms with Crippen molar-refractivity contribution < 1.29 is 61.9 Å². The molecular weight excluding hydrogens is 1120 g/mol. The Hall–Kier alpha value is -8.86. The Morgan fingerprint density at radius 2 is 0.682 bits per heavy atom. The summed E-state index contributed by atoms with van der Waals surface area (Å²) in [7, 11) is 2.58. The van der Waals surface area contributed by atoms with Gasteiger partial charge in [0.25, 0.3) is 23.6 Å². The Kier molecular flexibility index (Phi) is 20.8. The molecule has 6 aromatic rings. The van der Waals surface area contributed by atoms with Crippen LogP contribution in [0, 0.1) is 23.7 Å². The number of rotatable bonds is 22. The summed E-state index contributed by atoms with van der Waals surface area (Å²) in [6.45, 7) is 33.6. The molecule has 0 atom stereocenters. The first-order chi connectivity index (χ1) is 41.3. The molecule has 17 nitrogen and oxygen atoms in total. The van der Waals surface area contributed by atoms with Crippen LogP contribution in [-0.2, 0) is 25.7 Å².